The van der Waals surface area contributed by atoms with Crippen LogP contribution in [0.2, 0.25) is 0 Å². The fourth-order valence-electron chi connectivity index (χ4n) is 3.56. The lowest BCUT2D eigenvalue weighted by Gasteiger charge is -2.20. The molecule has 27 heavy (non-hydrogen) atoms. The van der Waals surface area contributed by atoms with E-state index in [2.05, 4.69) is 24.5 Å². The molecular weight excluding hydrogens is 340 g/mol. The molecule has 1 fully saturated rings. The maximum absolute atomic E-state index is 12.3. The van der Waals surface area contributed by atoms with E-state index >= 15 is 0 Å². The Morgan fingerprint density at radius 3 is 2.56 bits per heavy atom. The van der Waals surface area contributed by atoms with Gasteiger partial charge in [-0.1, -0.05) is 17.7 Å². The second kappa shape index (κ2) is 10.3. The summed E-state index contributed by atoms with van der Waals surface area (Å²) in [5.74, 6) is 0.0550. The number of anilines is 1. The predicted octanol–water partition coefficient (Wildman–Crippen LogP) is 1.49. The molecule has 1 aliphatic rings. The van der Waals surface area contributed by atoms with E-state index in [1.54, 1.807) is 9.80 Å². The van der Waals surface area contributed by atoms with Crippen molar-refractivity contribution in [1.82, 2.24) is 10.6 Å². The molecular formula is C21H35N4O2+. The van der Waals surface area contributed by atoms with Crippen LogP contribution in [0.3, 0.4) is 0 Å². The van der Waals surface area contributed by atoms with Crippen LogP contribution in [0.15, 0.2) is 24.3 Å². The summed E-state index contributed by atoms with van der Waals surface area (Å²) in [6.07, 6.45) is 2.42. The second-order valence-corrected chi connectivity index (χ2v) is 7.61. The molecule has 0 bridgehead atoms. The highest BCUT2D eigenvalue weighted by Crippen LogP contribution is 2.21. The molecule has 0 aliphatic carbocycles. The molecule has 0 aromatic heterocycles. The molecule has 0 unspecified atom stereocenters. The van der Waals surface area contributed by atoms with Crippen molar-refractivity contribution in [3.63, 3.8) is 0 Å². The Bertz CT molecular complexity index is 613. The first-order chi connectivity index (χ1) is 12.9. The minimum absolute atomic E-state index is 0.0550. The van der Waals surface area contributed by atoms with Crippen molar-refractivity contribution >= 4 is 17.6 Å². The van der Waals surface area contributed by atoms with Gasteiger partial charge in [-0.2, -0.15) is 0 Å². The van der Waals surface area contributed by atoms with Crippen LogP contribution >= 0.6 is 0 Å². The summed E-state index contributed by atoms with van der Waals surface area (Å²) in [7, 11) is 0. The summed E-state index contributed by atoms with van der Waals surface area (Å²) >= 11 is 0. The van der Waals surface area contributed by atoms with Crippen LogP contribution in [0, 0.1) is 6.92 Å². The molecule has 1 aromatic rings. The lowest BCUT2D eigenvalue weighted by molar-refractivity contribution is -0.896. The third kappa shape index (κ3) is 6.54. The molecule has 0 saturated carbocycles. The number of hydrogen-bond donors (Lipinski definition) is 3. The zero-order chi connectivity index (χ0) is 19.8. The van der Waals surface area contributed by atoms with Gasteiger partial charge in [-0.05, 0) is 52.7 Å². The summed E-state index contributed by atoms with van der Waals surface area (Å²) in [6, 6.07) is 7.71. The van der Waals surface area contributed by atoms with Gasteiger partial charge in [-0.3, -0.25) is 4.79 Å². The van der Waals surface area contributed by atoms with Crippen LogP contribution in [0.5, 0.6) is 0 Å². The molecule has 2 atom stereocenters. The summed E-state index contributed by atoms with van der Waals surface area (Å²) in [6.45, 7) is 12.4. The number of rotatable bonds is 9. The smallest absolute Gasteiger partial charge is 0.315 e. The summed E-state index contributed by atoms with van der Waals surface area (Å²) < 4.78 is 0. The van der Waals surface area contributed by atoms with Crippen LogP contribution in [0.4, 0.5) is 10.5 Å². The maximum Gasteiger partial charge on any atom is 0.315 e. The first-order valence-corrected chi connectivity index (χ1v) is 10.2. The van der Waals surface area contributed by atoms with Gasteiger partial charge < -0.3 is 20.4 Å². The molecule has 1 heterocycles. The van der Waals surface area contributed by atoms with E-state index in [1.165, 1.54) is 0 Å². The quantitative estimate of drug-likeness (QED) is 0.612. The van der Waals surface area contributed by atoms with Gasteiger partial charge in [0.1, 0.15) is 0 Å². The zero-order valence-electron chi connectivity index (χ0n) is 17.2. The third-order valence-electron chi connectivity index (χ3n) is 5.35. The normalized spacial score (nSPS) is 18.0. The van der Waals surface area contributed by atoms with Gasteiger partial charge in [-0.25, -0.2) is 4.79 Å². The Hall–Kier alpha value is -2.08. The fourth-order valence-corrected chi connectivity index (χ4v) is 3.56. The van der Waals surface area contributed by atoms with E-state index in [9.17, 15) is 9.59 Å². The summed E-state index contributed by atoms with van der Waals surface area (Å²) in [5.41, 5.74) is 2.05. The van der Waals surface area contributed by atoms with E-state index in [-0.39, 0.29) is 24.0 Å². The van der Waals surface area contributed by atoms with Gasteiger partial charge >= 0.3 is 6.03 Å². The molecule has 0 radical (unpaired) electrons. The first-order valence-electron chi connectivity index (χ1n) is 10.2. The third-order valence-corrected chi connectivity index (χ3v) is 5.35. The molecule has 3 N–H and O–H groups in total. The number of nitrogens with one attached hydrogen (secondary N) is 3. The average Bonchev–Trinajstić information content (AvgIpc) is 2.99. The van der Waals surface area contributed by atoms with Crippen LogP contribution in [-0.2, 0) is 4.79 Å². The zero-order valence-corrected chi connectivity index (χ0v) is 17.2. The highest BCUT2D eigenvalue weighted by Gasteiger charge is 2.31. The van der Waals surface area contributed by atoms with Crippen molar-refractivity contribution in [3.05, 3.63) is 29.8 Å². The number of amides is 3. The van der Waals surface area contributed by atoms with Crippen LogP contribution in [-0.4, -0.2) is 50.2 Å². The van der Waals surface area contributed by atoms with Crippen molar-refractivity contribution < 1.29 is 14.5 Å². The average molecular weight is 376 g/mol. The standard InChI is InChI=1S/C21H34N4O2/c1-5-24(6-2)13-7-8-17(4)22-21(27)23-18-14-20(26)25(15-18)19-11-9-16(3)10-12-19/h9-12,17-18H,5-8,13-15H2,1-4H3,(H2,22,23,27)/p+1/t17-,18-/m1/s1. The van der Waals surface area contributed by atoms with E-state index in [1.807, 2.05) is 38.1 Å². The molecule has 2 rings (SSSR count). The van der Waals surface area contributed by atoms with Crippen LogP contribution in [0.1, 0.15) is 45.6 Å². The number of carbonyl (C=O) groups excluding carboxylic acids is 2. The molecule has 0 spiro atoms. The van der Waals surface area contributed by atoms with Crippen molar-refractivity contribution in [2.45, 2.75) is 59.0 Å². The van der Waals surface area contributed by atoms with Crippen molar-refractivity contribution in [1.29, 1.82) is 0 Å². The highest BCUT2D eigenvalue weighted by molar-refractivity contribution is 5.96. The lowest BCUT2D eigenvalue weighted by Crippen LogP contribution is -3.11. The summed E-state index contributed by atoms with van der Waals surface area (Å²) in [5, 5.41) is 5.96. The number of benzene rings is 1. The van der Waals surface area contributed by atoms with Crippen LogP contribution < -0.4 is 20.4 Å². The number of aryl methyl sites for hydroxylation is 1. The van der Waals surface area contributed by atoms with Gasteiger partial charge in [0.15, 0.2) is 0 Å². The van der Waals surface area contributed by atoms with E-state index in [0.29, 0.717) is 13.0 Å². The maximum atomic E-state index is 12.3. The van der Waals surface area contributed by atoms with Crippen molar-refractivity contribution in [3.8, 4) is 0 Å². The van der Waals surface area contributed by atoms with Gasteiger partial charge in [0.2, 0.25) is 5.91 Å². The lowest BCUT2D eigenvalue weighted by atomic mass is 10.2. The molecule has 1 saturated heterocycles. The van der Waals surface area contributed by atoms with E-state index in [4.69, 9.17) is 0 Å². The SMILES string of the molecule is CC[NH+](CC)CCC[C@@H](C)NC(=O)N[C@@H]1CC(=O)N(c2ccc(C)cc2)C1. The largest absolute Gasteiger partial charge is 0.336 e. The Labute approximate surface area is 163 Å². The van der Waals surface area contributed by atoms with Crippen molar-refractivity contribution in [2.24, 2.45) is 0 Å². The Morgan fingerprint density at radius 1 is 1.26 bits per heavy atom. The molecule has 3 amide bonds. The first kappa shape index (κ1) is 21.2. The van der Waals surface area contributed by atoms with E-state index in [0.717, 1.165) is 43.7 Å². The van der Waals surface area contributed by atoms with Gasteiger partial charge in [-0.15, -0.1) is 0 Å². The van der Waals surface area contributed by atoms with Gasteiger partial charge in [0.05, 0.1) is 25.7 Å². The molecule has 6 heteroatoms. The number of hydrogen-bond acceptors (Lipinski definition) is 2. The molecule has 150 valence electrons. The fraction of sp³-hybridized carbons (Fsp3) is 0.619. The molecule has 1 aliphatic heterocycles. The Balaban J connectivity index is 1.74. The monoisotopic (exact) mass is 375 g/mol. The van der Waals surface area contributed by atoms with Gasteiger partial charge in [0, 0.05) is 24.7 Å². The number of urea groups is 1. The van der Waals surface area contributed by atoms with Gasteiger partial charge in [0.25, 0.3) is 0 Å². The second-order valence-electron chi connectivity index (χ2n) is 7.61. The molecule has 6 nitrogen and oxygen atoms in total. The minimum atomic E-state index is -0.179. The summed E-state index contributed by atoms with van der Waals surface area (Å²) in [4.78, 5) is 27.9. The predicted molar refractivity (Wildman–Crippen MR) is 109 cm³/mol. The van der Waals surface area contributed by atoms with Crippen LogP contribution in [0.25, 0.3) is 0 Å². The Morgan fingerprint density at radius 2 is 1.93 bits per heavy atom. The highest BCUT2D eigenvalue weighted by atomic mass is 16.2. The van der Waals surface area contributed by atoms with E-state index < -0.39 is 0 Å². The number of nitrogens with zero attached hydrogens (tertiary/aromatic N) is 1. The minimum Gasteiger partial charge on any atom is -0.336 e. The Kier molecular flexibility index (Phi) is 8.10. The number of quaternary nitrogens is 1. The number of carbonyl (C=O) groups is 2. The topological polar surface area (TPSA) is 65.9 Å². The van der Waals surface area contributed by atoms with Crippen molar-refractivity contribution in [2.75, 3.05) is 31.1 Å². The molecule has 1 aromatic carbocycles.